The topological polar surface area (TPSA) is 53.9 Å². The van der Waals surface area contributed by atoms with E-state index in [1.807, 2.05) is 12.1 Å². The quantitative estimate of drug-likeness (QED) is 0.243. The molecule has 0 bridgehead atoms. The summed E-state index contributed by atoms with van der Waals surface area (Å²) >= 11 is 0. The molecule has 0 fully saturated rings. The van der Waals surface area contributed by atoms with Crippen LogP contribution < -0.4 is 5.15 Å². The van der Waals surface area contributed by atoms with E-state index in [4.69, 9.17) is 22.5 Å². The Kier molecular flexibility index (Phi) is 21.6. The Bertz CT molecular complexity index is 720. The van der Waals surface area contributed by atoms with Crippen molar-refractivity contribution < 1.29 is 21.0 Å². The molecule has 0 aromatic rings. The van der Waals surface area contributed by atoms with Crippen LogP contribution in [0.25, 0.3) is 0 Å². The molecule has 0 aliphatic carbocycles. The summed E-state index contributed by atoms with van der Waals surface area (Å²) in [6.07, 6.45) is 12.2. The highest BCUT2D eigenvalue weighted by Gasteiger charge is 2.15. The molecular weight excluding hydrogens is 356 g/mol. The molecule has 6 heteroatoms. The lowest BCUT2D eigenvalue weighted by atomic mass is 10.3. The Morgan fingerprint density at radius 3 is 1.85 bits per heavy atom. The smallest absolute Gasteiger partial charge is 0.244 e. The number of hydrogen-bond donors (Lipinski definition) is 2. The highest BCUT2D eigenvalue weighted by Crippen LogP contribution is 2.09. The van der Waals surface area contributed by atoms with Gasteiger partial charge in [-0.25, -0.2) is 10.1 Å². The molecule has 0 aliphatic heterocycles. The maximum Gasteiger partial charge on any atom is 0.244 e. The van der Waals surface area contributed by atoms with Gasteiger partial charge in [-0.05, 0) is 85.6 Å². The predicted molar refractivity (Wildman–Crippen MR) is 134 cm³/mol. The summed E-state index contributed by atoms with van der Waals surface area (Å²) in [5.41, 5.74) is 0.986. The van der Waals surface area contributed by atoms with Crippen LogP contribution >= 0.6 is 0 Å². The van der Waals surface area contributed by atoms with Crippen molar-refractivity contribution in [3.05, 3.63) is 24.6 Å². The average Bonchev–Trinajstić information content (AvgIpc) is 2.55. The van der Waals surface area contributed by atoms with Crippen LogP contribution in [0.1, 0.15) is 24.8 Å². The molecule has 0 heterocycles. The van der Waals surface area contributed by atoms with E-state index < -0.39 is 8.32 Å². The van der Waals surface area contributed by atoms with Crippen molar-refractivity contribution in [2.45, 2.75) is 33.0 Å². The zero-order valence-corrected chi connectivity index (χ0v) is 19.2. The lowest BCUT2D eigenvalue weighted by Crippen LogP contribution is -2.24. The molecule has 0 saturated carbocycles. The predicted octanol–water partition coefficient (Wildman–Crippen LogP) is 3.82. The van der Waals surface area contributed by atoms with Crippen LogP contribution in [0.4, 0.5) is 0 Å². The van der Waals surface area contributed by atoms with Crippen LogP contribution in [0.5, 0.6) is 0 Å². The van der Waals surface area contributed by atoms with E-state index in [-0.39, 0.29) is 11.4 Å². The summed E-state index contributed by atoms with van der Waals surface area (Å²) in [6.45, 7) is 15.9. The minimum atomic E-state index is -1.55. The van der Waals surface area contributed by atoms with Gasteiger partial charge in [0.25, 0.3) is 0 Å². The van der Waals surface area contributed by atoms with Crippen LogP contribution in [0, 0.1) is 60.2 Å². The first-order chi connectivity index (χ1) is 12.2. The first kappa shape index (κ1) is 27.9. The third-order valence-electron chi connectivity index (χ3n) is 1.73. The van der Waals surface area contributed by atoms with Gasteiger partial charge in [0.15, 0.2) is 5.88 Å². The molecule has 0 spiro atoms. The fourth-order valence-electron chi connectivity index (χ4n) is 0.832. The summed E-state index contributed by atoms with van der Waals surface area (Å²) in [6, 6.07) is 0. The summed E-state index contributed by atoms with van der Waals surface area (Å²) in [5, 5.41) is 9.27. The molecule has 0 radical (unpaired) electrons. The summed E-state index contributed by atoms with van der Waals surface area (Å²) in [4.78, 5) is 4.07. The number of rotatable bonds is 5. The number of hydrogen-bond acceptors (Lipinski definition) is 4. The number of nitrogens with one attached hydrogen (secondary N) is 1. The highest BCUT2D eigenvalue weighted by molar-refractivity contribution is 6.70. The number of terminal acetylenes is 2. The summed E-state index contributed by atoms with van der Waals surface area (Å²) < 4.78 is 5.54. The number of allylic oxidation sites excluding steroid dienone is 1. The van der Waals surface area contributed by atoms with Crippen LogP contribution in [-0.4, -0.2) is 30.1 Å². The molecule has 26 heavy (non-hydrogen) atoms. The zero-order valence-electron chi connectivity index (χ0n) is 16.2. The van der Waals surface area contributed by atoms with Crippen LogP contribution in [0.3, 0.4) is 0 Å². The van der Waals surface area contributed by atoms with Gasteiger partial charge in [0.1, 0.15) is 10.4 Å². The van der Waals surface area contributed by atoms with Crippen molar-refractivity contribution in [1.82, 2.24) is 5.15 Å². The Hall–Kier alpha value is -2.90. The Balaban J connectivity index is -0.0000000258. The van der Waals surface area contributed by atoms with Crippen molar-refractivity contribution in [1.29, 1.82) is 0 Å². The molecule has 0 saturated heterocycles. The monoisotopic (exact) mass is 398 g/mol. The molecule has 152 valence electrons. The minimum Gasteiger partial charge on any atom is -0.532 e. The molecule has 2 N–H and O–H groups in total. The molecule has 0 rings (SSSR count). The van der Waals surface area contributed by atoms with E-state index in [9.17, 15) is 0 Å². The molecule has 0 aromatic carbocycles. The molecular formula is C20H42N2O2Si2. The molecule has 4 nitrogen and oxygen atoms in total. The van der Waals surface area contributed by atoms with Crippen LogP contribution in [-0.2, 0) is 4.43 Å². The van der Waals surface area contributed by atoms with Gasteiger partial charge in [0, 0.05) is 17.6 Å². The lowest BCUT2D eigenvalue weighted by molar-refractivity contribution is 0.250. The van der Waals surface area contributed by atoms with Gasteiger partial charge in [0.05, 0.1) is 0 Å². The summed E-state index contributed by atoms with van der Waals surface area (Å²) in [5.74, 6) is 18.9. The Morgan fingerprint density at radius 2 is 1.54 bits per heavy atom. The second-order valence-corrected chi connectivity index (χ2v) is 10.0. The van der Waals surface area contributed by atoms with Crippen molar-refractivity contribution >= 4 is 24.9 Å². The average molecular weight is 399 g/mol. The fraction of sp³-hybridized carbons (Fsp3) is 0.250. The standard InChI is InChI=1S/C10H19NOSi.C10H2.H5NOSi.8H2/c1-7-9(2)8-11-10(3)12-13(4,5)6;1-3-5-7-9-10-8-6-4-2;2-1-3;;;;;;;;/h8H,2-3,7H2,1,4-6H3;1-2H;1-2H,3H3;8*1H. The van der Waals surface area contributed by atoms with E-state index in [0.29, 0.717) is 16.3 Å². The Morgan fingerprint density at radius 1 is 1.15 bits per heavy atom. The van der Waals surface area contributed by atoms with E-state index in [1.54, 1.807) is 6.21 Å². The largest absolute Gasteiger partial charge is 0.532 e. The van der Waals surface area contributed by atoms with E-state index in [2.05, 4.69) is 85.2 Å². The van der Waals surface area contributed by atoms with Gasteiger partial charge < -0.3 is 9.63 Å². The first-order valence-corrected chi connectivity index (χ1v) is 11.9. The second-order valence-electron chi connectivity index (χ2n) is 5.14. The van der Waals surface area contributed by atoms with Crippen molar-refractivity contribution in [3.63, 3.8) is 0 Å². The molecule has 0 atom stereocenters. The minimum absolute atomic E-state index is 0. The SMILES string of the molecule is C#CC#CC#CC#CC#C.C=C(C=NC(=C)O[Si](C)(C)C)CC.ON[SiH3].[HH].[HH].[HH].[HH].[HH].[HH].[HH].[HH]. The van der Waals surface area contributed by atoms with Gasteiger partial charge in [-0.1, -0.05) is 13.5 Å². The lowest BCUT2D eigenvalue weighted by Gasteiger charge is -2.17. The van der Waals surface area contributed by atoms with Gasteiger partial charge in [-0.15, -0.1) is 12.8 Å². The molecule has 0 amide bonds. The number of nitrogens with zero attached hydrogens (tertiary/aromatic N) is 1. The van der Waals surface area contributed by atoms with Crippen LogP contribution in [0.2, 0.25) is 19.6 Å². The number of aliphatic imine (C=N–C) groups is 1. The van der Waals surface area contributed by atoms with Gasteiger partial charge in [0.2, 0.25) is 8.32 Å². The van der Waals surface area contributed by atoms with Gasteiger partial charge in [-0.2, -0.15) is 0 Å². The zero-order chi connectivity index (χ0) is 20.8. The van der Waals surface area contributed by atoms with Gasteiger partial charge >= 0.3 is 0 Å². The molecule has 0 unspecified atom stereocenters. The van der Waals surface area contributed by atoms with E-state index in [1.165, 1.54) is 0 Å². The van der Waals surface area contributed by atoms with Crippen molar-refractivity contribution in [2.75, 3.05) is 0 Å². The normalized spacial score (nSPS) is 7.96. The molecule has 0 aliphatic rings. The third-order valence-corrected chi connectivity index (χ3v) is 2.57. The summed E-state index contributed by atoms with van der Waals surface area (Å²) in [7, 11) is -0.871. The maximum absolute atomic E-state index is 7.38. The van der Waals surface area contributed by atoms with Crippen LogP contribution in [0.15, 0.2) is 29.6 Å². The van der Waals surface area contributed by atoms with Crippen molar-refractivity contribution in [3.8, 4) is 60.2 Å². The first-order valence-electron chi connectivity index (χ1n) is 7.50. The van der Waals surface area contributed by atoms with Crippen molar-refractivity contribution in [2.24, 2.45) is 4.99 Å². The maximum atomic E-state index is 7.38. The highest BCUT2D eigenvalue weighted by atomic mass is 28.4. The van der Waals surface area contributed by atoms with E-state index >= 15 is 0 Å². The second kappa shape index (κ2) is 20.1. The van der Waals surface area contributed by atoms with Gasteiger partial charge in [-0.3, -0.25) is 0 Å². The molecule has 0 aromatic heterocycles. The Labute approximate surface area is 174 Å². The fourth-order valence-corrected chi connectivity index (χ4v) is 1.59. The van der Waals surface area contributed by atoms with E-state index in [0.717, 1.165) is 12.0 Å². The third kappa shape index (κ3) is 32.9.